The standard InChI is InChI=1S/C19H29BrN2O/c1-19(2,23)17-4-3-16(18(20)10-17)13-22-11-15(12-22)9-14-5-7-21-8-6-14/h3-4,10,14-15,21,23H,5-9,11-13H2,1-2H3. The Balaban J connectivity index is 1.48. The molecule has 2 aliphatic rings. The molecule has 2 fully saturated rings. The van der Waals surface area contributed by atoms with Crippen LogP contribution in [0.15, 0.2) is 22.7 Å². The Hall–Kier alpha value is -0.420. The fourth-order valence-electron chi connectivity index (χ4n) is 3.84. The number of hydrogen-bond donors (Lipinski definition) is 2. The van der Waals surface area contributed by atoms with Crippen molar-refractivity contribution >= 4 is 15.9 Å². The number of hydrogen-bond acceptors (Lipinski definition) is 3. The molecule has 0 radical (unpaired) electrons. The van der Waals surface area contributed by atoms with E-state index in [0.717, 1.165) is 28.4 Å². The van der Waals surface area contributed by atoms with Gasteiger partial charge in [0.25, 0.3) is 0 Å². The minimum atomic E-state index is -0.780. The number of halogens is 1. The quantitative estimate of drug-likeness (QED) is 0.820. The average Bonchev–Trinajstić information content (AvgIpc) is 2.46. The number of benzene rings is 1. The van der Waals surface area contributed by atoms with E-state index < -0.39 is 5.60 Å². The number of piperidine rings is 1. The second kappa shape index (κ2) is 7.22. The fraction of sp³-hybridized carbons (Fsp3) is 0.684. The Morgan fingerprint density at radius 2 is 1.91 bits per heavy atom. The molecule has 0 aromatic heterocycles. The van der Waals surface area contributed by atoms with Crippen LogP contribution < -0.4 is 5.32 Å². The van der Waals surface area contributed by atoms with Crippen LogP contribution in [0.2, 0.25) is 0 Å². The van der Waals surface area contributed by atoms with Crippen LogP contribution in [0, 0.1) is 11.8 Å². The van der Waals surface area contributed by atoms with Gasteiger partial charge in [0.05, 0.1) is 5.60 Å². The highest BCUT2D eigenvalue weighted by atomic mass is 79.9. The van der Waals surface area contributed by atoms with Crippen molar-refractivity contribution in [2.75, 3.05) is 26.2 Å². The molecule has 128 valence electrons. The van der Waals surface area contributed by atoms with Gasteiger partial charge in [0, 0.05) is 24.1 Å². The lowest BCUT2D eigenvalue weighted by Gasteiger charge is -2.41. The molecule has 0 atom stereocenters. The average molecular weight is 381 g/mol. The maximum atomic E-state index is 10.1. The number of nitrogens with one attached hydrogen (secondary N) is 1. The minimum Gasteiger partial charge on any atom is -0.386 e. The zero-order valence-electron chi connectivity index (χ0n) is 14.3. The molecule has 3 nitrogen and oxygen atoms in total. The molecule has 2 N–H and O–H groups in total. The van der Waals surface area contributed by atoms with Crippen LogP contribution in [0.4, 0.5) is 0 Å². The van der Waals surface area contributed by atoms with E-state index in [2.05, 4.69) is 38.3 Å². The van der Waals surface area contributed by atoms with E-state index in [1.165, 1.54) is 51.0 Å². The van der Waals surface area contributed by atoms with Crippen molar-refractivity contribution in [3.05, 3.63) is 33.8 Å². The third-order valence-electron chi connectivity index (χ3n) is 5.31. The van der Waals surface area contributed by atoms with Crippen LogP contribution >= 0.6 is 15.9 Å². The highest BCUT2D eigenvalue weighted by Crippen LogP contribution is 2.31. The second-order valence-corrected chi connectivity index (χ2v) is 8.71. The molecular formula is C19H29BrN2O. The first kappa shape index (κ1) is 17.4. The molecule has 4 heteroatoms. The lowest BCUT2D eigenvalue weighted by atomic mass is 9.84. The first-order valence-electron chi connectivity index (χ1n) is 8.86. The van der Waals surface area contributed by atoms with Gasteiger partial charge >= 0.3 is 0 Å². The Bertz CT molecular complexity index is 529. The molecular weight excluding hydrogens is 352 g/mol. The number of nitrogens with zero attached hydrogens (tertiary/aromatic N) is 1. The topological polar surface area (TPSA) is 35.5 Å². The molecule has 0 saturated carbocycles. The van der Waals surface area contributed by atoms with Crippen LogP contribution in [0.1, 0.15) is 44.2 Å². The summed E-state index contributed by atoms with van der Waals surface area (Å²) < 4.78 is 1.11. The summed E-state index contributed by atoms with van der Waals surface area (Å²) in [5.74, 6) is 1.84. The molecule has 0 bridgehead atoms. The molecule has 23 heavy (non-hydrogen) atoms. The van der Waals surface area contributed by atoms with E-state index in [1.807, 2.05) is 19.9 Å². The summed E-state index contributed by atoms with van der Waals surface area (Å²) >= 11 is 3.67. The van der Waals surface area contributed by atoms with Crippen molar-refractivity contribution in [1.29, 1.82) is 0 Å². The Kier molecular flexibility index (Phi) is 5.46. The predicted octanol–water partition coefficient (Wildman–Crippen LogP) is 3.50. The van der Waals surface area contributed by atoms with E-state index in [9.17, 15) is 5.11 Å². The highest BCUT2D eigenvalue weighted by molar-refractivity contribution is 9.10. The predicted molar refractivity (Wildman–Crippen MR) is 98.4 cm³/mol. The summed E-state index contributed by atoms with van der Waals surface area (Å²) in [6.45, 7) is 9.57. The lowest BCUT2D eigenvalue weighted by molar-refractivity contribution is 0.0693. The van der Waals surface area contributed by atoms with Gasteiger partial charge in [-0.2, -0.15) is 0 Å². The van der Waals surface area contributed by atoms with Crippen molar-refractivity contribution in [1.82, 2.24) is 10.2 Å². The summed E-state index contributed by atoms with van der Waals surface area (Å²) in [6.07, 6.45) is 4.14. The zero-order valence-corrected chi connectivity index (χ0v) is 15.9. The largest absolute Gasteiger partial charge is 0.386 e. The fourth-order valence-corrected chi connectivity index (χ4v) is 4.34. The van der Waals surface area contributed by atoms with Gasteiger partial charge in [0.1, 0.15) is 0 Å². The van der Waals surface area contributed by atoms with Gasteiger partial charge in [-0.05, 0) is 75.2 Å². The van der Waals surface area contributed by atoms with Crippen LogP contribution in [-0.4, -0.2) is 36.2 Å². The van der Waals surface area contributed by atoms with E-state index >= 15 is 0 Å². The van der Waals surface area contributed by atoms with E-state index in [0.29, 0.717) is 0 Å². The SMILES string of the molecule is CC(C)(O)c1ccc(CN2CC(CC3CCNCC3)C2)c(Br)c1. The Morgan fingerprint density at radius 1 is 1.22 bits per heavy atom. The number of aliphatic hydroxyl groups is 1. The summed E-state index contributed by atoms with van der Waals surface area (Å²) in [5.41, 5.74) is 1.50. The minimum absolute atomic E-state index is 0.780. The molecule has 0 aliphatic carbocycles. The molecule has 0 spiro atoms. The van der Waals surface area contributed by atoms with Crippen molar-refractivity contribution < 1.29 is 5.11 Å². The summed E-state index contributed by atoms with van der Waals surface area (Å²) in [4.78, 5) is 2.54. The second-order valence-electron chi connectivity index (χ2n) is 7.85. The van der Waals surface area contributed by atoms with Gasteiger partial charge < -0.3 is 10.4 Å². The van der Waals surface area contributed by atoms with Gasteiger partial charge in [-0.1, -0.05) is 28.1 Å². The molecule has 0 amide bonds. The summed E-state index contributed by atoms with van der Waals surface area (Å²) in [6, 6.07) is 6.26. The first-order valence-corrected chi connectivity index (χ1v) is 9.65. The summed E-state index contributed by atoms with van der Waals surface area (Å²) in [7, 11) is 0. The van der Waals surface area contributed by atoms with Crippen molar-refractivity contribution in [2.45, 2.75) is 45.3 Å². The van der Waals surface area contributed by atoms with Crippen LogP contribution in [-0.2, 0) is 12.1 Å². The van der Waals surface area contributed by atoms with Gasteiger partial charge in [-0.25, -0.2) is 0 Å². The Labute approximate surface area is 148 Å². The maximum absolute atomic E-state index is 10.1. The number of likely N-dealkylation sites (tertiary alicyclic amines) is 1. The molecule has 2 aliphatic heterocycles. The molecule has 0 unspecified atom stereocenters. The Morgan fingerprint density at radius 3 is 2.52 bits per heavy atom. The maximum Gasteiger partial charge on any atom is 0.0840 e. The molecule has 3 rings (SSSR count). The monoisotopic (exact) mass is 380 g/mol. The van der Waals surface area contributed by atoms with Gasteiger partial charge in [0.2, 0.25) is 0 Å². The van der Waals surface area contributed by atoms with Crippen LogP contribution in [0.5, 0.6) is 0 Å². The normalized spacial score (nSPS) is 21.4. The van der Waals surface area contributed by atoms with Crippen molar-refractivity contribution in [3.63, 3.8) is 0 Å². The van der Waals surface area contributed by atoms with E-state index in [4.69, 9.17) is 0 Å². The zero-order chi connectivity index (χ0) is 16.4. The van der Waals surface area contributed by atoms with Gasteiger partial charge in [-0.15, -0.1) is 0 Å². The molecule has 2 saturated heterocycles. The third kappa shape index (κ3) is 4.56. The smallest absolute Gasteiger partial charge is 0.0840 e. The van der Waals surface area contributed by atoms with Crippen LogP contribution in [0.25, 0.3) is 0 Å². The number of rotatable bonds is 5. The van der Waals surface area contributed by atoms with Crippen molar-refractivity contribution in [3.8, 4) is 0 Å². The highest BCUT2D eigenvalue weighted by Gasteiger charge is 2.29. The molecule has 1 aromatic rings. The third-order valence-corrected chi connectivity index (χ3v) is 6.05. The van der Waals surface area contributed by atoms with Gasteiger partial charge in [0.15, 0.2) is 0 Å². The summed E-state index contributed by atoms with van der Waals surface area (Å²) in [5, 5.41) is 13.6. The molecule has 2 heterocycles. The van der Waals surface area contributed by atoms with Crippen molar-refractivity contribution in [2.24, 2.45) is 11.8 Å². The first-order chi connectivity index (χ1) is 10.9. The van der Waals surface area contributed by atoms with E-state index in [1.54, 1.807) is 0 Å². The van der Waals surface area contributed by atoms with E-state index in [-0.39, 0.29) is 0 Å². The van der Waals surface area contributed by atoms with Crippen LogP contribution in [0.3, 0.4) is 0 Å². The lowest BCUT2D eigenvalue weighted by Crippen LogP contribution is -2.47. The van der Waals surface area contributed by atoms with Gasteiger partial charge in [-0.3, -0.25) is 4.90 Å². The molecule has 1 aromatic carbocycles.